The molecule has 8 nitrogen and oxygen atoms in total. The average Bonchev–Trinajstić information content (AvgIpc) is 3.09. The Labute approximate surface area is 209 Å². The van der Waals surface area contributed by atoms with Crippen molar-refractivity contribution in [3.8, 4) is 0 Å². The van der Waals surface area contributed by atoms with Crippen LogP contribution in [-0.2, 0) is 9.59 Å². The van der Waals surface area contributed by atoms with Crippen LogP contribution in [0.15, 0.2) is 57.2 Å². The summed E-state index contributed by atoms with van der Waals surface area (Å²) in [5.41, 5.74) is 0.299. The Balaban J connectivity index is 1.51. The van der Waals surface area contributed by atoms with Gasteiger partial charge in [-0.25, -0.2) is 0 Å². The summed E-state index contributed by atoms with van der Waals surface area (Å²) in [5.74, 6) is -0.815. The normalized spacial score (nSPS) is 17.5. The van der Waals surface area contributed by atoms with E-state index in [1.165, 1.54) is 23.9 Å². The highest BCUT2D eigenvalue weighted by atomic mass is 35.5. The number of rotatable bonds is 6. The van der Waals surface area contributed by atoms with Crippen LogP contribution in [0.2, 0.25) is 5.02 Å². The third-order valence-electron chi connectivity index (χ3n) is 5.39. The van der Waals surface area contributed by atoms with Crippen LogP contribution in [0.25, 0.3) is 6.08 Å². The number of hydrogen-bond acceptors (Lipinski definition) is 7. The van der Waals surface area contributed by atoms with Gasteiger partial charge in [0.2, 0.25) is 5.91 Å². The molecule has 4 rings (SSSR count). The second-order valence-corrected chi connectivity index (χ2v) is 10.3. The molecule has 2 saturated heterocycles. The molecular formula is C23H20ClN3O5S2. The molecule has 0 aliphatic carbocycles. The largest absolute Gasteiger partial charge is 0.341 e. The number of carbonyl (C=O) groups excluding carboxylic acids is 3. The summed E-state index contributed by atoms with van der Waals surface area (Å²) in [6.07, 6.45) is 4.34. The number of nitrogens with zero attached hydrogens (tertiary/aromatic N) is 3. The first kappa shape index (κ1) is 24.3. The SMILES string of the molecule is O=C(CN1C(=O)S/C(=C\c2ccc(Sc3ccc(Cl)cc3)c([N+](=O)[O-])c2)C1=O)N1CCCCC1. The fraction of sp³-hybridized carbons (Fsp3) is 0.261. The van der Waals surface area contributed by atoms with Gasteiger partial charge in [0.1, 0.15) is 6.54 Å². The summed E-state index contributed by atoms with van der Waals surface area (Å²) in [5, 5.41) is 11.7. The van der Waals surface area contributed by atoms with E-state index in [0.717, 1.165) is 40.8 Å². The Bertz CT molecular complexity index is 1180. The number of nitro groups is 1. The number of piperidine rings is 1. The number of imide groups is 1. The fourth-order valence-corrected chi connectivity index (χ4v) is 5.51. The number of benzene rings is 2. The van der Waals surface area contributed by atoms with E-state index in [4.69, 9.17) is 11.6 Å². The average molecular weight is 518 g/mol. The van der Waals surface area contributed by atoms with Gasteiger partial charge in [0, 0.05) is 29.1 Å². The van der Waals surface area contributed by atoms with Crippen molar-refractivity contribution in [1.82, 2.24) is 9.80 Å². The van der Waals surface area contributed by atoms with Gasteiger partial charge in [-0.15, -0.1) is 0 Å². The van der Waals surface area contributed by atoms with Crippen molar-refractivity contribution in [2.45, 2.75) is 29.1 Å². The predicted molar refractivity (Wildman–Crippen MR) is 132 cm³/mol. The topological polar surface area (TPSA) is 101 Å². The molecule has 0 saturated carbocycles. The molecule has 0 radical (unpaired) electrons. The minimum Gasteiger partial charge on any atom is -0.341 e. The van der Waals surface area contributed by atoms with E-state index in [1.807, 2.05) is 0 Å². The summed E-state index contributed by atoms with van der Waals surface area (Å²) in [7, 11) is 0. The molecule has 0 bridgehead atoms. The first-order valence-electron chi connectivity index (χ1n) is 10.6. The summed E-state index contributed by atoms with van der Waals surface area (Å²) in [6, 6.07) is 11.6. The van der Waals surface area contributed by atoms with E-state index in [1.54, 1.807) is 41.3 Å². The number of amides is 3. The number of hydrogen-bond donors (Lipinski definition) is 0. The number of thioether (sulfide) groups is 1. The zero-order chi connectivity index (χ0) is 24.2. The van der Waals surface area contributed by atoms with Crippen molar-refractivity contribution in [2.75, 3.05) is 19.6 Å². The van der Waals surface area contributed by atoms with Crippen molar-refractivity contribution in [3.63, 3.8) is 0 Å². The molecule has 0 aromatic heterocycles. The molecule has 0 N–H and O–H groups in total. The Hall–Kier alpha value is -2.82. The minimum absolute atomic E-state index is 0.117. The van der Waals surface area contributed by atoms with Gasteiger partial charge >= 0.3 is 0 Å². The highest BCUT2D eigenvalue weighted by Crippen LogP contribution is 2.37. The van der Waals surface area contributed by atoms with Gasteiger partial charge in [-0.3, -0.25) is 29.4 Å². The molecular weight excluding hydrogens is 498 g/mol. The molecule has 176 valence electrons. The van der Waals surface area contributed by atoms with Crippen LogP contribution in [0.4, 0.5) is 10.5 Å². The molecule has 0 unspecified atom stereocenters. The van der Waals surface area contributed by atoms with E-state index in [0.29, 0.717) is 28.6 Å². The number of likely N-dealkylation sites (tertiary alicyclic amines) is 1. The van der Waals surface area contributed by atoms with E-state index >= 15 is 0 Å². The second kappa shape index (κ2) is 10.6. The first-order valence-corrected chi connectivity index (χ1v) is 12.6. The van der Waals surface area contributed by atoms with Crippen LogP contribution in [0, 0.1) is 10.1 Å². The summed E-state index contributed by atoms with van der Waals surface area (Å²) in [6.45, 7) is 0.975. The van der Waals surface area contributed by atoms with Crippen molar-refractivity contribution >= 4 is 63.9 Å². The lowest BCUT2D eigenvalue weighted by atomic mass is 10.1. The van der Waals surface area contributed by atoms with E-state index < -0.39 is 16.1 Å². The fourth-order valence-electron chi connectivity index (χ4n) is 3.65. The van der Waals surface area contributed by atoms with E-state index in [-0.39, 0.29) is 23.0 Å². The maximum absolute atomic E-state index is 12.8. The van der Waals surface area contributed by atoms with Crippen molar-refractivity contribution < 1.29 is 19.3 Å². The summed E-state index contributed by atoms with van der Waals surface area (Å²) < 4.78 is 0. The van der Waals surface area contributed by atoms with Crippen LogP contribution >= 0.6 is 35.1 Å². The Kier molecular flexibility index (Phi) is 7.60. The third kappa shape index (κ3) is 5.63. The molecule has 0 spiro atoms. The molecule has 2 fully saturated rings. The van der Waals surface area contributed by atoms with Gasteiger partial charge in [0.15, 0.2) is 0 Å². The smallest absolute Gasteiger partial charge is 0.294 e. The second-order valence-electron chi connectivity index (χ2n) is 7.75. The van der Waals surface area contributed by atoms with Crippen molar-refractivity contribution in [1.29, 1.82) is 0 Å². The highest BCUT2D eigenvalue weighted by Gasteiger charge is 2.37. The standard InChI is InChI=1S/C23H20ClN3O5S2/c24-16-5-7-17(8-6-16)33-19-9-4-15(12-18(19)27(31)32)13-20-22(29)26(23(30)34-20)14-21(28)25-10-2-1-3-11-25/h4-9,12-13H,1-3,10-11,14H2/b20-13-. The molecule has 34 heavy (non-hydrogen) atoms. The molecule has 2 aliphatic heterocycles. The summed E-state index contributed by atoms with van der Waals surface area (Å²) in [4.78, 5) is 52.8. The van der Waals surface area contributed by atoms with Crippen molar-refractivity contribution in [3.05, 3.63) is 68.1 Å². The van der Waals surface area contributed by atoms with Gasteiger partial charge in [-0.2, -0.15) is 0 Å². The van der Waals surface area contributed by atoms with Gasteiger partial charge in [0.25, 0.3) is 16.8 Å². The Morgan fingerprint density at radius 1 is 1.12 bits per heavy atom. The first-order chi connectivity index (χ1) is 16.3. The monoisotopic (exact) mass is 517 g/mol. The third-order valence-corrected chi connectivity index (χ3v) is 7.63. The van der Waals surface area contributed by atoms with Crippen LogP contribution in [0.3, 0.4) is 0 Å². The molecule has 2 aromatic rings. The van der Waals surface area contributed by atoms with Gasteiger partial charge in [0.05, 0.1) is 14.7 Å². The minimum atomic E-state index is -0.567. The molecule has 11 heteroatoms. The molecule has 2 aliphatic rings. The van der Waals surface area contributed by atoms with Crippen LogP contribution in [0.1, 0.15) is 24.8 Å². The zero-order valence-corrected chi connectivity index (χ0v) is 20.3. The van der Waals surface area contributed by atoms with Crippen LogP contribution in [0.5, 0.6) is 0 Å². The lowest BCUT2D eigenvalue weighted by molar-refractivity contribution is -0.387. The lowest BCUT2D eigenvalue weighted by Crippen LogP contribution is -2.44. The van der Waals surface area contributed by atoms with Crippen LogP contribution < -0.4 is 0 Å². The predicted octanol–water partition coefficient (Wildman–Crippen LogP) is 5.45. The van der Waals surface area contributed by atoms with Crippen molar-refractivity contribution in [2.24, 2.45) is 0 Å². The van der Waals surface area contributed by atoms with Gasteiger partial charge in [-0.1, -0.05) is 29.4 Å². The van der Waals surface area contributed by atoms with Gasteiger partial charge in [-0.05, 0) is 73.0 Å². The molecule has 2 heterocycles. The Morgan fingerprint density at radius 2 is 1.82 bits per heavy atom. The lowest BCUT2D eigenvalue weighted by Gasteiger charge is -2.27. The Morgan fingerprint density at radius 3 is 2.50 bits per heavy atom. The highest BCUT2D eigenvalue weighted by molar-refractivity contribution is 8.18. The van der Waals surface area contributed by atoms with Gasteiger partial charge < -0.3 is 4.90 Å². The van der Waals surface area contributed by atoms with E-state index in [2.05, 4.69) is 0 Å². The molecule has 0 atom stereocenters. The quantitative estimate of drug-likeness (QED) is 0.285. The van der Waals surface area contributed by atoms with Crippen LogP contribution in [-0.4, -0.2) is 51.4 Å². The molecule has 3 amide bonds. The maximum Gasteiger partial charge on any atom is 0.294 e. The maximum atomic E-state index is 12.8. The molecule has 2 aromatic carbocycles. The number of halogens is 1. The van der Waals surface area contributed by atoms with E-state index in [9.17, 15) is 24.5 Å². The summed E-state index contributed by atoms with van der Waals surface area (Å²) >= 11 is 7.85. The zero-order valence-electron chi connectivity index (χ0n) is 17.9. The number of nitro benzene ring substituents is 1. The number of carbonyl (C=O) groups is 3.